The van der Waals surface area contributed by atoms with Gasteiger partial charge >= 0.3 is 0 Å². The molecule has 0 spiro atoms. The summed E-state index contributed by atoms with van der Waals surface area (Å²) >= 11 is 3.49. The minimum absolute atomic E-state index is 0.171. The third kappa shape index (κ3) is 3.92. The van der Waals surface area contributed by atoms with Gasteiger partial charge in [-0.2, -0.15) is 0 Å². The van der Waals surface area contributed by atoms with Gasteiger partial charge in [-0.15, -0.1) is 0 Å². The minimum atomic E-state index is -0.171. The molecule has 21 heavy (non-hydrogen) atoms. The lowest BCUT2D eigenvalue weighted by Crippen LogP contribution is -2.25. The van der Waals surface area contributed by atoms with Gasteiger partial charge in [-0.3, -0.25) is 0 Å². The number of nitrogens with one attached hydrogen (secondary N) is 1. The SMILES string of the molecule is Fc1ccc(Br)c(CCNC(c2ccccc2)C2CC2)c1. The van der Waals surface area contributed by atoms with E-state index in [1.165, 1.54) is 24.5 Å². The highest BCUT2D eigenvalue weighted by Gasteiger charge is 2.31. The molecule has 1 aliphatic rings. The molecule has 110 valence electrons. The molecule has 2 aromatic rings. The first-order chi connectivity index (χ1) is 10.2. The van der Waals surface area contributed by atoms with Gasteiger partial charge in [0, 0.05) is 10.5 Å². The van der Waals surface area contributed by atoms with E-state index >= 15 is 0 Å². The predicted octanol–water partition coefficient (Wildman–Crippen LogP) is 4.87. The standard InChI is InChI=1S/C18H19BrFN/c19-17-9-8-16(20)12-15(17)10-11-21-18(14-6-7-14)13-4-2-1-3-5-13/h1-5,8-9,12,14,18,21H,6-7,10-11H2. The Labute approximate surface area is 133 Å². The van der Waals surface area contributed by atoms with Crippen LogP contribution in [0, 0.1) is 11.7 Å². The van der Waals surface area contributed by atoms with Crippen molar-refractivity contribution < 1.29 is 4.39 Å². The van der Waals surface area contributed by atoms with Crippen molar-refractivity contribution in [1.29, 1.82) is 0 Å². The predicted molar refractivity (Wildman–Crippen MR) is 87.7 cm³/mol. The van der Waals surface area contributed by atoms with Crippen molar-refractivity contribution in [2.75, 3.05) is 6.54 Å². The van der Waals surface area contributed by atoms with E-state index in [9.17, 15) is 4.39 Å². The normalized spacial score (nSPS) is 15.9. The highest BCUT2D eigenvalue weighted by Crippen LogP contribution is 2.40. The molecule has 0 bridgehead atoms. The summed E-state index contributed by atoms with van der Waals surface area (Å²) in [7, 11) is 0. The first-order valence-electron chi connectivity index (χ1n) is 7.46. The number of halogens is 2. The molecule has 0 amide bonds. The molecule has 0 aliphatic heterocycles. The molecular formula is C18H19BrFN. The van der Waals surface area contributed by atoms with Crippen molar-refractivity contribution in [3.63, 3.8) is 0 Å². The van der Waals surface area contributed by atoms with Gasteiger partial charge in [-0.25, -0.2) is 4.39 Å². The molecule has 1 nitrogen and oxygen atoms in total. The van der Waals surface area contributed by atoms with Gasteiger partial charge in [0.15, 0.2) is 0 Å². The summed E-state index contributed by atoms with van der Waals surface area (Å²) in [6.45, 7) is 0.859. The van der Waals surface area contributed by atoms with E-state index < -0.39 is 0 Å². The van der Waals surface area contributed by atoms with Crippen molar-refractivity contribution in [2.45, 2.75) is 25.3 Å². The maximum Gasteiger partial charge on any atom is 0.123 e. The van der Waals surface area contributed by atoms with Crippen LogP contribution in [0.25, 0.3) is 0 Å². The highest BCUT2D eigenvalue weighted by atomic mass is 79.9. The topological polar surface area (TPSA) is 12.0 Å². The summed E-state index contributed by atoms with van der Waals surface area (Å²) < 4.78 is 14.3. The van der Waals surface area contributed by atoms with Gasteiger partial charge in [0.2, 0.25) is 0 Å². The van der Waals surface area contributed by atoms with E-state index in [0.29, 0.717) is 6.04 Å². The van der Waals surface area contributed by atoms with Gasteiger partial charge in [0.05, 0.1) is 0 Å². The largest absolute Gasteiger partial charge is 0.309 e. The molecule has 1 saturated carbocycles. The molecule has 0 heterocycles. The Morgan fingerprint density at radius 1 is 1.14 bits per heavy atom. The lowest BCUT2D eigenvalue weighted by atomic mass is 10.0. The molecule has 3 heteroatoms. The van der Waals surface area contributed by atoms with Crippen LogP contribution in [0.15, 0.2) is 53.0 Å². The van der Waals surface area contributed by atoms with E-state index in [-0.39, 0.29) is 5.82 Å². The van der Waals surface area contributed by atoms with Crippen LogP contribution in [0.4, 0.5) is 4.39 Å². The summed E-state index contributed by atoms with van der Waals surface area (Å²) in [6.07, 6.45) is 3.43. The summed E-state index contributed by atoms with van der Waals surface area (Å²) in [5.74, 6) is 0.582. The average molecular weight is 348 g/mol. The van der Waals surface area contributed by atoms with Crippen LogP contribution in [0.1, 0.15) is 30.0 Å². The zero-order chi connectivity index (χ0) is 14.7. The van der Waals surface area contributed by atoms with E-state index in [1.54, 1.807) is 12.1 Å². The van der Waals surface area contributed by atoms with Crippen LogP contribution in [0.2, 0.25) is 0 Å². The molecule has 1 N–H and O–H groups in total. The van der Waals surface area contributed by atoms with Gasteiger partial charge in [0.25, 0.3) is 0 Å². The van der Waals surface area contributed by atoms with E-state index in [0.717, 1.165) is 28.9 Å². The van der Waals surface area contributed by atoms with E-state index in [2.05, 4.69) is 51.6 Å². The maximum absolute atomic E-state index is 13.3. The number of hydrogen-bond acceptors (Lipinski definition) is 1. The quantitative estimate of drug-likeness (QED) is 0.785. The molecule has 1 fully saturated rings. The fourth-order valence-electron chi connectivity index (χ4n) is 2.74. The summed E-state index contributed by atoms with van der Waals surface area (Å²) in [6, 6.07) is 15.9. The monoisotopic (exact) mass is 347 g/mol. The lowest BCUT2D eigenvalue weighted by molar-refractivity contribution is 0.484. The van der Waals surface area contributed by atoms with E-state index in [4.69, 9.17) is 0 Å². The molecule has 0 saturated heterocycles. The average Bonchev–Trinajstić information content (AvgIpc) is 3.32. The molecule has 0 aromatic heterocycles. The highest BCUT2D eigenvalue weighted by molar-refractivity contribution is 9.10. The van der Waals surface area contributed by atoms with Crippen molar-refractivity contribution in [3.05, 3.63) is 69.9 Å². The fourth-order valence-corrected chi connectivity index (χ4v) is 3.19. The molecule has 2 aromatic carbocycles. The van der Waals surface area contributed by atoms with Gasteiger partial charge < -0.3 is 5.32 Å². The van der Waals surface area contributed by atoms with Gasteiger partial charge in [0.1, 0.15) is 5.82 Å². The number of hydrogen-bond donors (Lipinski definition) is 1. The second kappa shape index (κ2) is 6.71. The maximum atomic E-state index is 13.3. The van der Waals surface area contributed by atoms with E-state index in [1.807, 2.05) is 0 Å². The first-order valence-corrected chi connectivity index (χ1v) is 8.25. The van der Waals surface area contributed by atoms with Crippen molar-refractivity contribution in [1.82, 2.24) is 5.32 Å². The van der Waals surface area contributed by atoms with Gasteiger partial charge in [-0.1, -0.05) is 46.3 Å². The summed E-state index contributed by atoms with van der Waals surface area (Å²) in [4.78, 5) is 0. The van der Waals surface area contributed by atoms with Crippen LogP contribution in [-0.4, -0.2) is 6.54 Å². The Bertz CT molecular complexity index is 595. The Kier molecular flexibility index (Phi) is 4.71. The minimum Gasteiger partial charge on any atom is -0.309 e. The van der Waals surface area contributed by atoms with Crippen LogP contribution in [-0.2, 0) is 6.42 Å². The molecule has 1 atom stereocenters. The molecule has 1 unspecified atom stereocenters. The first kappa shape index (κ1) is 14.7. The second-order valence-corrected chi connectivity index (χ2v) is 6.52. The number of rotatable bonds is 6. The van der Waals surface area contributed by atoms with Gasteiger partial charge in [-0.05, 0) is 61.1 Å². The third-order valence-electron chi connectivity index (χ3n) is 4.02. The zero-order valence-corrected chi connectivity index (χ0v) is 13.4. The Morgan fingerprint density at radius 2 is 1.90 bits per heavy atom. The molecule has 0 radical (unpaired) electrons. The molecule has 3 rings (SSSR count). The summed E-state index contributed by atoms with van der Waals surface area (Å²) in [5.41, 5.74) is 2.38. The Balaban J connectivity index is 1.61. The molecular weight excluding hydrogens is 329 g/mol. The zero-order valence-electron chi connectivity index (χ0n) is 11.9. The Morgan fingerprint density at radius 3 is 2.62 bits per heavy atom. The van der Waals surface area contributed by atoms with Crippen LogP contribution >= 0.6 is 15.9 Å². The Hall–Kier alpha value is -1.19. The fraction of sp³-hybridized carbons (Fsp3) is 0.333. The van der Waals surface area contributed by atoms with Crippen molar-refractivity contribution in [2.24, 2.45) is 5.92 Å². The molecule has 1 aliphatic carbocycles. The summed E-state index contributed by atoms with van der Waals surface area (Å²) in [5, 5.41) is 3.65. The number of benzene rings is 2. The lowest BCUT2D eigenvalue weighted by Gasteiger charge is -2.19. The van der Waals surface area contributed by atoms with Crippen LogP contribution in [0.3, 0.4) is 0 Å². The third-order valence-corrected chi connectivity index (χ3v) is 4.79. The van der Waals surface area contributed by atoms with Crippen LogP contribution in [0.5, 0.6) is 0 Å². The van der Waals surface area contributed by atoms with Crippen molar-refractivity contribution >= 4 is 15.9 Å². The second-order valence-electron chi connectivity index (χ2n) is 5.67. The smallest absolute Gasteiger partial charge is 0.123 e. The van der Waals surface area contributed by atoms with Crippen LogP contribution < -0.4 is 5.32 Å². The van der Waals surface area contributed by atoms with Crippen molar-refractivity contribution in [3.8, 4) is 0 Å².